The summed E-state index contributed by atoms with van der Waals surface area (Å²) < 4.78 is 15.9. The number of anilines is 1. The van der Waals surface area contributed by atoms with Gasteiger partial charge in [0.25, 0.3) is 0 Å². The van der Waals surface area contributed by atoms with Gasteiger partial charge in [-0.25, -0.2) is 9.37 Å². The van der Waals surface area contributed by atoms with Crippen LogP contribution in [0, 0.1) is 5.82 Å². The van der Waals surface area contributed by atoms with Crippen LogP contribution in [0.15, 0.2) is 30.6 Å². The highest BCUT2D eigenvalue weighted by Crippen LogP contribution is 2.21. The molecule has 1 aromatic heterocycles. The van der Waals surface area contributed by atoms with Crippen molar-refractivity contribution in [2.24, 2.45) is 7.05 Å². The van der Waals surface area contributed by atoms with Crippen LogP contribution in [0.25, 0.3) is 0 Å². The summed E-state index contributed by atoms with van der Waals surface area (Å²) in [5.41, 5.74) is 1.52. The van der Waals surface area contributed by atoms with Gasteiger partial charge in [-0.15, -0.1) is 0 Å². The van der Waals surface area contributed by atoms with Crippen LogP contribution in [-0.4, -0.2) is 16.6 Å². The molecule has 1 aromatic carbocycles. The number of hydrogen-bond acceptors (Lipinski definition) is 2. The van der Waals surface area contributed by atoms with Crippen LogP contribution >= 0.6 is 15.9 Å². The molecule has 0 N–H and O–H groups in total. The van der Waals surface area contributed by atoms with Crippen LogP contribution in [-0.2, 0) is 18.9 Å². The van der Waals surface area contributed by atoms with Crippen molar-refractivity contribution in [2.75, 3.05) is 11.9 Å². The molecule has 2 aromatic rings. The van der Waals surface area contributed by atoms with Crippen molar-refractivity contribution < 1.29 is 4.39 Å². The minimum absolute atomic E-state index is 0.205. The molecule has 0 aliphatic heterocycles. The smallest absolute Gasteiger partial charge is 0.146 e. The number of hydrogen-bond donors (Lipinski definition) is 0. The Morgan fingerprint density at radius 3 is 2.78 bits per heavy atom. The van der Waals surface area contributed by atoms with Gasteiger partial charge in [-0.2, -0.15) is 0 Å². The third kappa shape index (κ3) is 2.72. The zero-order valence-corrected chi connectivity index (χ0v) is 12.0. The summed E-state index contributed by atoms with van der Waals surface area (Å²) >= 11 is 3.32. The first-order valence-electron chi connectivity index (χ1n) is 5.63. The maximum atomic E-state index is 13.9. The summed E-state index contributed by atoms with van der Waals surface area (Å²) in [5, 5.41) is 0.660. The van der Waals surface area contributed by atoms with Crippen LogP contribution in [0.5, 0.6) is 0 Å². The van der Waals surface area contributed by atoms with Crippen molar-refractivity contribution in [1.82, 2.24) is 9.55 Å². The van der Waals surface area contributed by atoms with E-state index in [1.807, 2.05) is 35.8 Å². The fourth-order valence-electron chi connectivity index (χ4n) is 1.79. The summed E-state index contributed by atoms with van der Waals surface area (Å²) in [5.74, 6) is 0.699. The Bertz CT molecular complexity index is 539. The molecule has 0 amide bonds. The number of alkyl halides is 1. The second-order valence-electron chi connectivity index (χ2n) is 4.23. The van der Waals surface area contributed by atoms with Crippen molar-refractivity contribution in [3.05, 3.63) is 47.8 Å². The van der Waals surface area contributed by atoms with Gasteiger partial charge in [0.2, 0.25) is 0 Å². The minimum atomic E-state index is -0.205. The van der Waals surface area contributed by atoms with Gasteiger partial charge in [0, 0.05) is 31.8 Å². The van der Waals surface area contributed by atoms with E-state index in [1.54, 1.807) is 18.3 Å². The molecule has 96 valence electrons. The van der Waals surface area contributed by atoms with Crippen molar-refractivity contribution >= 4 is 21.6 Å². The highest BCUT2D eigenvalue weighted by molar-refractivity contribution is 9.08. The van der Waals surface area contributed by atoms with Gasteiger partial charge in [0.15, 0.2) is 0 Å². The average Bonchev–Trinajstić information content (AvgIpc) is 2.74. The molecule has 0 aliphatic rings. The molecule has 0 spiro atoms. The summed E-state index contributed by atoms with van der Waals surface area (Å²) in [4.78, 5) is 6.09. The van der Waals surface area contributed by atoms with Crippen molar-refractivity contribution in [3.63, 3.8) is 0 Å². The third-order valence-electron chi connectivity index (χ3n) is 2.88. The predicted octanol–water partition coefficient (Wildman–Crippen LogP) is 3.09. The maximum absolute atomic E-state index is 13.9. The average molecular weight is 312 g/mol. The zero-order chi connectivity index (χ0) is 13.1. The van der Waals surface area contributed by atoms with Crippen molar-refractivity contribution in [2.45, 2.75) is 11.9 Å². The summed E-state index contributed by atoms with van der Waals surface area (Å²) in [6.45, 7) is 0.577. The lowest BCUT2D eigenvalue weighted by Gasteiger charge is -2.20. The molecule has 0 aliphatic carbocycles. The quantitative estimate of drug-likeness (QED) is 0.809. The molecule has 0 atom stereocenters. The molecule has 0 fully saturated rings. The Kier molecular flexibility index (Phi) is 4.01. The number of aryl methyl sites for hydroxylation is 1. The van der Waals surface area contributed by atoms with E-state index in [2.05, 4.69) is 20.9 Å². The molecular weight excluding hydrogens is 297 g/mol. The molecule has 0 bridgehead atoms. The Morgan fingerprint density at radius 2 is 2.22 bits per heavy atom. The molecule has 0 saturated carbocycles. The van der Waals surface area contributed by atoms with Crippen LogP contribution in [0.1, 0.15) is 11.4 Å². The molecule has 0 radical (unpaired) electrons. The number of halogens is 2. The SMILES string of the molecule is CN(Cc1nccn1C)c1ccc(CBr)cc1F. The van der Waals surface area contributed by atoms with E-state index in [-0.39, 0.29) is 5.82 Å². The number of benzene rings is 1. The maximum Gasteiger partial charge on any atom is 0.146 e. The van der Waals surface area contributed by atoms with Gasteiger partial charge in [-0.05, 0) is 17.7 Å². The number of aromatic nitrogens is 2. The first-order valence-corrected chi connectivity index (χ1v) is 6.75. The van der Waals surface area contributed by atoms with Crippen LogP contribution in [0.3, 0.4) is 0 Å². The van der Waals surface area contributed by atoms with Crippen molar-refractivity contribution in [1.29, 1.82) is 0 Å². The van der Waals surface area contributed by atoms with E-state index in [4.69, 9.17) is 0 Å². The second kappa shape index (κ2) is 5.52. The number of rotatable bonds is 4. The molecule has 3 nitrogen and oxygen atoms in total. The minimum Gasteiger partial charge on any atom is -0.365 e. The number of nitrogens with zero attached hydrogens (tertiary/aromatic N) is 3. The monoisotopic (exact) mass is 311 g/mol. The van der Waals surface area contributed by atoms with Crippen molar-refractivity contribution in [3.8, 4) is 0 Å². The van der Waals surface area contributed by atoms with E-state index < -0.39 is 0 Å². The van der Waals surface area contributed by atoms with Gasteiger partial charge < -0.3 is 9.47 Å². The topological polar surface area (TPSA) is 21.1 Å². The van der Waals surface area contributed by atoms with Gasteiger partial charge in [-0.3, -0.25) is 0 Å². The zero-order valence-electron chi connectivity index (χ0n) is 10.4. The molecule has 5 heteroatoms. The molecule has 18 heavy (non-hydrogen) atoms. The van der Waals surface area contributed by atoms with Crippen LogP contribution < -0.4 is 4.90 Å². The Balaban J connectivity index is 2.19. The third-order valence-corrected chi connectivity index (χ3v) is 3.52. The largest absolute Gasteiger partial charge is 0.365 e. The second-order valence-corrected chi connectivity index (χ2v) is 4.79. The molecule has 2 rings (SSSR count). The summed E-state index contributed by atoms with van der Waals surface area (Å²) in [7, 11) is 3.79. The van der Waals surface area contributed by atoms with Gasteiger partial charge in [0.1, 0.15) is 11.6 Å². The predicted molar refractivity (Wildman–Crippen MR) is 74.3 cm³/mol. The van der Waals surface area contributed by atoms with Crippen LogP contribution in [0.2, 0.25) is 0 Å². The van der Waals surface area contributed by atoms with Gasteiger partial charge >= 0.3 is 0 Å². The van der Waals surface area contributed by atoms with Crippen LogP contribution in [0.4, 0.5) is 10.1 Å². The van der Waals surface area contributed by atoms with E-state index in [0.29, 0.717) is 17.6 Å². The molecular formula is C13H15BrFN3. The summed E-state index contributed by atoms with van der Waals surface area (Å²) in [6.07, 6.45) is 3.63. The van der Waals surface area contributed by atoms with Gasteiger partial charge in [-0.1, -0.05) is 22.0 Å². The first kappa shape index (κ1) is 13.1. The van der Waals surface area contributed by atoms with E-state index in [9.17, 15) is 4.39 Å². The fourth-order valence-corrected chi connectivity index (χ4v) is 2.14. The molecule has 1 heterocycles. The Labute approximate surface area is 114 Å². The lowest BCUT2D eigenvalue weighted by molar-refractivity contribution is 0.618. The first-order chi connectivity index (χ1) is 8.61. The fraction of sp³-hybridized carbons (Fsp3) is 0.308. The lowest BCUT2D eigenvalue weighted by Crippen LogP contribution is -2.20. The summed E-state index contributed by atoms with van der Waals surface area (Å²) in [6, 6.07) is 5.27. The normalized spacial score (nSPS) is 10.7. The lowest BCUT2D eigenvalue weighted by atomic mass is 10.2. The Morgan fingerprint density at radius 1 is 1.44 bits per heavy atom. The standard InChI is InChI=1S/C13H15BrFN3/c1-17-6-5-16-13(17)9-18(2)12-4-3-10(8-14)7-11(12)15/h3-7H,8-9H2,1-2H3. The number of imidazole rings is 1. The highest BCUT2D eigenvalue weighted by Gasteiger charge is 2.10. The van der Waals surface area contributed by atoms with E-state index in [0.717, 1.165) is 11.4 Å². The highest BCUT2D eigenvalue weighted by atomic mass is 79.9. The van der Waals surface area contributed by atoms with Gasteiger partial charge in [0.05, 0.1) is 12.2 Å². The van der Waals surface area contributed by atoms with E-state index >= 15 is 0 Å². The molecule has 0 saturated heterocycles. The van der Waals surface area contributed by atoms with E-state index in [1.165, 1.54) is 0 Å². The molecule has 0 unspecified atom stereocenters. The Hall–Kier alpha value is -1.36.